The fourth-order valence-corrected chi connectivity index (χ4v) is 3.14. The van der Waals surface area contributed by atoms with Crippen molar-refractivity contribution in [1.82, 2.24) is 9.29 Å². The highest BCUT2D eigenvalue weighted by molar-refractivity contribution is 9.10. The van der Waals surface area contributed by atoms with Gasteiger partial charge in [0.25, 0.3) is 0 Å². The molecule has 0 aliphatic heterocycles. The van der Waals surface area contributed by atoms with Gasteiger partial charge < -0.3 is 0 Å². The van der Waals surface area contributed by atoms with E-state index in [0.29, 0.717) is 4.47 Å². The zero-order valence-corrected chi connectivity index (χ0v) is 11.9. The minimum Gasteiger partial charge on any atom is -0.262 e. The van der Waals surface area contributed by atoms with E-state index >= 15 is 0 Å². The summed E-state index contributed by atoms with van der Waals surface area (Å²) in [6, 6.07) is 1.53. The van der Waals surface area contributed by atoms with E-state index in [1.165, 1.54) is 10.5 Å². The first-order valence-corrected chi connectivity index (χ1v) is 7.21. The lowest BCUT2D eigenvalue weighted by atomic mass is 10.3. The number of hydrogen-bond donors (Lipinski definition) is 0. The molecule has 1 unspecified atom stereocenters. The van der Waals surface area contributed by atoms with Crippen LogP contribution in [-0.2, 0) is 10.0 Å². The highest BCUT2D eigenvalue weighted by Crippen LogP contribution is 2.19. The highest BCUT2D eigenvalue weighted by Gasteiger charge is 2.24. The molecular formula is C10H15BrN2O2S. The van der Waals surface area contributed by atoms with Crippen LogP contribution in [0.15, 0.2) is 27.8 Å². The molecule has 0 N–H and O–H groups in total. The zero-order chi connectivity index (χ0) is 12.3. The Morgan fingerprint density at radius 1 is 1.50 bits per heavy atom. The van der Waals surface area contributed by atoms with Crippen LogP contribution in [0.25, 0.3) is 0 Å². The Morgan fingerprint density at radius 2 is 2.12 bits per heavy atom. The normalized spacial score (nSPS) is 14.1. The summed E-state index contributed by atoms with van der Waals surface area (Å²) in [5.74, 6) is 0. The van der Waals surface area contributed by atoms with Crippen LogP contribution >= 0.6 is 15.9 Å². The molecule has 0 radical (unpaired) electrons. The standard InChI is InChI=1S/C10H15BrN2O2S/c1-4-8(2)13(3)16(14,15)10-5-9(11)6-12-7-10/h5-8H,4H2,1-3H3. The number of aromatic nitrogens is 1. The lowest BCUT2D eigenvalue weighted by Gasteiger charge is -2.22. The molecule has 0 aromatic carbocycles. The Kier molecular flexibility index (Phi) is 4.46. The van der Waals surface area contributed by atoms with Crippen LogP contribution in [0, 0.1) is 0 Å². The average molecular weight is 307 g/mol. The summed E-state index contributed by atoms with van der Waals surface area (Å²) in [6.07, 6.45) is 3.69. The molecule has 1 atom stereocenters. The monoisotopic (exact) mass is 306 g/mol. The van der Waals surface area contributed by atoms with Gasteiger partial charge in [0.2, 0.25) is 10.0 Å². The smallest absolute Gasteiger partial charge is 0.244 e. The Bertz CT molecular complexity index is 462. The van der Waals surface area contributed by atoms with E-state index in [9.17, 15) is 8.42 Å². The molecule has 4 nitrogen and oxygen atoms in total. The van der Waals surface area contributed by atoms with Crippen LogP contribution in [-0.4, -0.2) is 30.8 Å². The third-order valence-electron chi connectivity index (χ3n) is 2.57. The number of halogens is 1. The Balaban J connectivity index is 3.12. The van der Waals surface area contributed by atoms with E-state index in [1.807, 2.05) is 13.8 Å². The van der Waals surface area contributed by atoms with Crippen LogP contribution in [0.3, 0.4) is 0 Å². The molecule has 0 fully saturated rings. The van der Waals surface area contributed by atoms with Crippen molar-refractivity contribution in [3.05, 3.63) is 22.9 Å². The lowest BCUT2D eigenvalue weighted by Crippen LogP contribution is -2.34. The van der Waals surface area contributed by atoms with Crippen LogP contribution in [0.1, 0.15) is 20.3 Å². The summed E-state index contributed by atoms with van der Waals surface area (Å²) in [7, 11) is -1.84. The predicted octanol–water partition coefficient (Wildman–Crippen LogP) is 2.26. The second-order valence-corrected chi connectivity index (χ2v) is 6.53. The first kappa shape index (κ1) is 13.6. The first-order chi connectivity index (χ1) is 7.39. The van der Waals surface area contributed by atoms with E-state index in [-0.39, 0.29) is 10.9 Å². The number of nitrogens with zero attached hydrogens (tertiary/aromatic N) is 2. The molecule has 1 heterocycles. The number of pyridine rings is 1. The predicted molar refractivity (Wildman–Crippen MR) is 66.6 cm³/mol. The minimum absolute atomic E-state index is 0.0241. The van der Waals surface area contributed by atoms with Crippen LogP contribution < -0.4 is 0 Å². The summed E-state index contributed by atoms with van der Waals surface area (Å²) in [6.45, 7) is 3.83. The summed E-state index contributed by atoms with van der Waals surface area (Å²) in [4.78, 5) is 4.08. The maximum Gasteiger partial charge on any atom is 0.244 e. The van der Waals surface area contributed by atoms with Crippen molar-refractivity contribution in [3.8, 4) is 0 Å². The molecule has 90 valence electrons. The van der Waals surface area contributed by atoms with Crippen molar-refractivity contribution in [2.24, 2.45) is 0 Å². The molecule has 0 bridgehead atoms. The topological polar surface area (TPSA) is 50.3 Å². The number of rotatable bonds is 4. The van der Waals surface area contributed by atoms with Crippen LogP contribution in [0.5, 0.6) is 0 Å². The second-order valence-electron chi connectivity index (χ2n) is 3.62. The molecule has 6 heteroatoms. The average Bonchev–Trinajstić information content (AvgIpc) is 2.27. The van der Waals surface area contributed by atoms with Crippen molar-refractivity contribution >= 4 is 26.0 Å². The van der Waals surface area contributed by atoms with Gasteiger partial charge in [-0.15, -0.1) is 0 Å². The Labute approximate surface area is 105 Å². The van der Waals surface area contributed by atoms with Gasteiger partial charge in [-0.25, -0.2) is 8.42 Å². The van der Waals surface area contributed by atoms with Gasteiger partial charge in [0.1, 0.15) is 4.90 Å². The first-order valence-electron chi connectivity index (χ1n) is 4.98. The van der Waals surface area contributed by atoms with Crippen molar-refractivity contribution in [2.45, 2.75) is 31.2 Å². The Morgan fingerprint density at radius 3 is 2.62 bits per heavy atom. The Hall–Kier alpha value is -0.460. The highest BCUT2D eigenvalue weighted by atomic mass is 79.9. The van der Waals surface area contributed by atoms with Gasteiger partial charge in [0.05, 0.1) is 0 Å². The molecular weight excluding hydrogens is 292 g/mol. The van der Waals surface area contributed by atoms with E-state index < -0.39 is 10.0 Å². The van der Waals surface area contributed by atoms with Crippen molar-refractivity contribution in [2.75, 3.05) is 7.05 Å². The van der Waals surface area contributed by atoms with Crippen LogP contribution in [0.2, 0.25) is 0 Å². The van der Waals surface area contributed by atoms with Gasteiger partial charge in [-0.3, -0.25) is 4.98 Å². The largest absolute Gasteiger partial charge is 0.262 e. The minimum atomic E-state index is -3.43. The van der Waals surface area contributed by atoms with E-state index in [4.69, 9.17) is 0 Å². The van der Waals surface area contributed by atoms with Crippen molar-refractivity contribution in [3.63, 3.8) is 0 Å². The van der Waals surface area contributed by atoms with Gasteiger partial charge in [-0.1, -0.05) is 6.92 Å². The zero-order valence-electron chi connectivity index (χ0n) is 9.51. The SMILES string of the molecule is CCC(C)N(C)S(=O)(=O)c1cncc(Br)c1. The van der Waals surface area contributed by atoms with Crippen molar-refractivity contribution in [1.29, 1.82) is 0 Å². The molecule has 0 saturated carbocycles. The van der Waals surface area contributed by atoms with Gasteiger partial charge in [0, 0.05) is 30.0 Å². The second kappa shape index (κ2) is 5.25. The summed E-state index contributed by atoms with van der Waals surface area (Å²) >= 11 is 3.21. The fourth-order valence-electron chi connectivity index (χ4n) is 1.19. The number of sulfonamides is 1. The molecule has 0 aliphatic carbocycles. The van der Waals surface area contributed by atoms with E-state index in [0.717, 1.165) is 6.42 Å². The summed E-state index contributed by atoms with van der Waals surface area (Å²) in [5.41, 5.74) is 0. The van der Waals surface area contributed by atoms with E-state index in [1.54, 1.807) is 19.3 Å². The van der Waals surface area contributed by atoms with Gasteiger partial charge in [-0.05, 0) is 35.3 Å². The lowest BCUT2D eigenvalue weighted by molar-refractivity contribution is 0.380. The third-order valence-corrected chi connectivity index (χ3v) is 4.94. The van der Waals surface area contributed by atoms with Crippen molar-refractivity contribution < 1.29 is 8.42 Å². The molecule has 1 aromatic rings. The molecule has 0 spiro atoms. The third kappa shape index (κ3) is 2.81. The molecule has 1 aromatic heterocycles. The maximum atomic E-state index is 12.1. The maximum absolute atomic E-state index is 12.1. The van der Waals surface area contributed by atoms with Crippen LogP contribution in [0.4, 0.5) is 0 Å². The molecule has 16 heavy (non-hydrogen) atoms. The number of hydrogen-bond acceptors (Lipinski definition) is 3. The molecule has 1 rings (SSSR count). The molecule has 0 saturated heterocycles. The van der Waals surface area contributed by atoms with Gasteiger partial charge >= 0.3 is 0 Å². The molecule has 0 amide bonds. The fraction of sp³-hybridized carbons (Fsp3) is 0.500. The van der Waals surface area contributed by atoms with E-state index in [2.05, 4.69) is 20.9 Å². The summed E-state index contributed by atoms with van der Waals surface area (Å²) in [5, 5.41) is 0. The van der Waals surface area contributed by atoms with Gasteiger partial charge in [0.15, 0.2) is 0 Å². The quantitative estimate of drug-likeness (QED) is 0.857. The van der Waals surface area contributed by atoms with Gasteiger partial charge in [-0.2, -0.15) is 4.31 Å². The summed E-state index contributed by atoms with van der Waals surface area (Å²) < 4.78 is 26.3. The molecule has 0 aliphatic rings.